The van der Waals surface area contributed by atoms with E-state index in [9.17, 15) is 4.79 Å². The average Bonchev–Trinajstić information content (AvgIpc) is 3.01. The van der Waals surface area contributed by atoms with Crippen molar-refractivity contribution in [3.05, 3.63) is 24.3 Å². The van der Waals surface area contributed by atoms with E-state index in [2.05, 4.69) is 24.5 Å². The third-order valence-electron chi connectivity index (χ3n) is 4.79. The van der Waals surface area contributed by atoms with Gasteiger partial charge in [0.1, 0.15) is 18.3 Å². The molecule has 0 aliphatic carbocycles. The summed E-state index contributed by atoms with van der Waals surface area (Å²) < 4.78 is 5.27. The third-order valence-corrected chi connectivity index (χ3v) is 4.79. The molecule has 1 amide bonds. The third kappa shape index (κ3) is 5.22. The van der Waals surface area contributed by atoms with E-state index in [4.69, 9.17) is 4.74 Å². The van der Waals surface area contributed by atoms with Crippen molar-refractivity contribution in [1.82, 2.24) is 0 Å². The molecule has 4 N–H and O–H groups in total. The normalized spacial score (nSPS) is 21.9. The number of benzene rings is 1. The fraction of sp³-hybridized carbons (Fsp3) is 0.611. The van der Waals surface area contributed by atoms with Gasteiger partial charge in [-0.15, -0.1) is 0 Å². The number of methoxy groups -OCH3 is 1. The van der Waals surface area contributed by atoms with Crippen molar-refractivity contribution in [2.24, 2.45) is 0 Å². The molecule has 1 saturated heterocycles. The van der Waals surface area contributed by atoms with Crippen LogP contribution in [-0.2, 0) is 4.79 Å². The number of ether oxygens (including phenoxy) is 1. The standard InChI is InChI=1S/C18H29N3O2/c1-4-21-11-7-8-15(21)13-19-14(2)12-18(22)20-16-9-5-6-10-17(16)23-3/h5-6,9-10,14-15,19H,4,7-8,11-13H2,1-3H3,(H,20,22)/p+2/t14-,15+/m0/s1. The van der Waals surface area contributed by atoms with Crippen LogP contribution in [0.3, 0.4) is 0 Å². The van der Waals surface area contributed by atoms with Crippen LogP contribution in [-0.4, -0.2) is 44.7 Å². The molecule has 0 saturated carbocycles. The Morgan fingerprint density at radius 3 is 3.00 bits per heavy atom. The van der Waals surface area contributed by atoms with Gasteiger partial charge in [-0.2, -0.15) is 0 Å². The van der Waals surface area contributed by atoms with Gasteiger partial charge >= 0.3 is 0 Å². The second-order valence-corrected chi connectivity index (χ2v) is 6.50. The molecule has 0 radical (unpaired) electrons. The van der Waals surface area contributed by atoms with Crippen LogP contribution >= 0.6 is 0 Å². The quantitative estimate of drug-likeness (QED) is 0.633. The molecule has 1 aromatic carbocycles. The number of rotatable bonds is 8. The van der Waals surface area contributed by atoms with Gasteiger partial charge in [0.2, 0.25) is 5.91 Å². The Kier molecular flexibility index (Phi) is 6.86. The minimum Gasteiger partial charge on any atom is -0.495 e. The lowest BCUT2D eigenvalue weighted by Gasteiger charge is -2.20. The number of carbonyl (C=O) groups excluding carboxylic acids is 1. The number of amides is 1. The van der Waals surface area contributed by atoms with Gasteiger partial charge in [-0.05, 0) is 26.0 Å². The fourth-order valence-corrected chi connectivity index (χ4v) is 3.46. The first kappa shape index (κ1) is 17.8. The fourth-order valence-electron chi connectivity index (χ4n) is 3.46. The van der Waals surface area contributed by atoms with E-state index in [1.165, 1.54) is 25.9 Å². The Hall–Kier alpha value is -1.59. The zero-order valence-corrected chi connectivity index (χ0v) is 14.6. The number of anilines is 1. The van der Waals surface area contributed by atoms with Crippen LogP contribution in [0.25, 0.3) is 0 Å². The highest BCUT2D eigenvalue weighted by Crippen LogP contribution is 2.23. The number of para-hydroxylation sites is 2. The first-order valence-electron chi connectivity index (χ1n) is 8.74. The minimum absolute atomic E-state index is 0.0457. The van der Waals surface area contributed by atoms with Gasteiger partial charge in [0, 0.05) is 12.8 Å². The van der Waals surface area contributed by atoms with Crippen molar-refractivity contribution in [3.8, 4) is 5.75 Å². The number of hydrogen-bond acceptors (Lipinski definition) is 2. The topological polar surface area (TPSA) is 59.4 Å². The van der Waals surface area contributed by atoms with Crippen LogP contribution < -0.4 is 20.3 Å². The summed E-state index contributed by atoms with van der Waals surface area (Å²) in [6.45, 7) is 8.02. The van der Waals surface area contributed by atoms with Crippen LogP contribution in [0.4, 0.5) is 5.69 Å². The Morgan fingerprint density at radius 2 is 2.26 bits per heavy atom. The average molecular weight is 321 g/mol. The Labute approximate surface area is 139 Å². The van der Waals surface area contributed by atoms with Crippen molar-refractivity contribution >= 4 is 11.6 Å². The summed E-state index contributed by atoms with van der Waals surface area (Å²) in [4.78, 5) is 13.9. The molecule has 5 heteroatoms. The van der Waals surface area contributed by atoms with E-state index in [0.717, 1.165) is 18.3 Å². The summed E-state index contributed by atoms with van der Waals surface area (Å²) in [5.41, 5.74) is 0.740. The van der Waals surface area contributed by atoms with Crippen LogP contribution in [0.15, 0.2) is 24.3 Å². The Morgan fingerprint density at radius 1 is 1.48 bits per heavy atom. The van der Waals surface area contributed by atoms with Crippen molar-refractivity contribution in [2.75, 3.05) is 32.1 Å². The van der Waals surface area contributed by atoms with Crippen LogP contribution in [0.1, 0.15) is 33.1 Å². The van der Waals surface area contributed by atoms with E-state index in [1.54, 1.807) is 12.0 Å². The maximum absolute atomic E-state index is 12.2. The SMILES string of the molecule is CC[NH+]1CCC[C@@H]1C[NH2+][C@@H](C)CC(=O)Nc1ccccc1OC. The number of likely N-dealkylation sites (N-methyl/N-ethyl adjacent to an activating group) is 1. The van der Waals surface area contributed by atoms with E-state index in [-0.39, 0.29) is 5.91 Å². The highest BCUT2D eigenvalue weighted by molar-refractivity contribution is 5.92. The number of nitrogens with one attached hydrogen (secondary N) is 2. The first-order valence-corrected chi connectivity index (χ1v) is 8.74. The number of likely N-dealkylation sites (tertiary alicyclic amines) is 1. The van der Waals surface area contributed by atoms with Crippen LogP contribution in [0.5, 0.6) is 5.75 Å². The van der Waals surface area contributed by atoms with Crippen molar-refractivity contribution in [1.29, 1.82) is 0 Å². The van der Waals surface area contributed by atoms with Gasteiger partial charge in [0.15, 0.2) is 0 Å². The van der Waals surface area contributed by atoms with Crippen molar-refractivity contribution in [3.63, 3.8) is 0 Å². The van der Waals surface area contributed by atoms with Crippen molar-refractivity contribution in [2.45, 2.75) is 45.2 Å². The molecule has 0 aromatic heterocycles. The maximum Gasteiger partial charge on any atom is 0.230 e. The number of carbonyl (C=O) groups is 1. The highest BCUT2D eigenvalue weighted by Gasteiger charge is 2.29. The number of quaternary nitrogens is 2. The molecule has 2 rings (SSSR count). The molecule has 1 heterocycles. The molecule has 1 unspecified atom stereocenters. The highest BCUT2D eigenvalue weighted by atomic mass is 16.5. The summed E-state index contributed by atoms with van der Waals surface area (Å²) >= 11 is 0. The van der Waals surface area contributed by atoms with Crippen LogP contribution in [0, 0.1) is 0 Å². The van der Waals surface area contributed by atoms with E-state index < -0.39 is 0 Å². The zero-order valence-electron chi connectivity index (χ0n) is 14.6. The smallest absolute Gasteiger partial charge is 0.230 e. The molecule has 0 spiro atoms. The molecule has 128 valence electrons. The monoisotopic (exact) mass is 321 g/mol. The largest absolute Gasteiger partial charge is 0.495 e. The van der Waals surface area contributed by atoms with E-state index >= 15 is 0 Å². The minimum atomic E-state index is 0.0457. The van der Waals surface area contributed by atoms with Gasteiger partial charge in [-0.3, -0.25) is 4.79 Å². The maximum atomic E-state index is 12.2. The number of hydrogen-bond donors (Lipinski definition) is 3. The molecule has 1 aromatic rings. The van der Waals surface area contributed by atoms with Gasteiger partial charge < -0.3 is 20.3 Å². The summed E-state index contributed by atoms with van der Waals surface area (Å²) in [6.07, 6.45) is 3.18. The molecule has 1 aliphatic heterocycles. The molecular weight excluding hydrogens is 290 g/mol. The Balaban J connectivity index is 1.76. The summed E-state index contributed by atoms with van der Waals surface area (Å²) in [5, 5.41) is 5.28. The molecule has 5 nitrogen and oxygen atoms in total. The molecule has 3 atom stereocenters. The lowest BCUT2D eigenvalue weighted by atomic mass is 10.1. The van der Waals surface area contributed by atoms with Gasteiger partial charge in [-0.1, -0.05) is 12.1 Å². The first-order chi connectivity index (χ1) is 11.1. The molecule has 23 heavy (non-hydrogen) atoms. The second-order valence-electron chi connectivity index (χ2n) is 6.50. The molecule has 0 bridgehead atoms. The van der Waals surface area contributed by atoms with Gasteiger partial charge in [-0.25, -0.2) is 0 Å². The van der Waals surface area contributed by atoms with Gasteiger partial charge in [0.05, 0.1) is 38.3 Å². The predicted octanol–water partition coefficient (Wildman–Crippen LogP) is 0.0429. The second kappa shape index (κ2) is 8.89. The van der Waals surface area contributed by atoms with Crippen LogP contribution in [0.2, 0.25) is 0 Å². The van der Waals surface area contributed by atoms with E-state index in [0.29, 0.717) is 18.2 Å². The van der Waals surface area contributed by atoms with Gasteiger partial charge in [0.25, 0.3) is 0 Å². The molecule has 1 aliphatic rings. The van der Waals surface area contributed by atoms with E-state index in [1.807, 2.05) is 24.3 Å². The Bertz CT molecular complexity index is 507. The predicted molar refractivity (Wildman–Crippen MR) is 91.9 cm³/mol. The summed E-state index contributed by atoms with van der Waals surface area (Å²) in [7, 11) is 1.62. The molecule has 1 fully saturated rings. The summed E-state index contributed by atoms with van der Waals surface area (Å²) in [6, 6.07) is 8.56. The lowest BCUT2D eigenvalue weighted by Crippen LogP contribution is -3.16. The van der Waals surface area contributed by atoms with Crippen molar-refractivity contribution < 1.29 is 19.7 Å². The number of nitrogens with two attached hydrogens (primary N) is 1. The zero-order chi connectivity index (χ0) is 16.7. The summed E-state index contributed by atoms with van der Waals surface area (Å²) in [5.74, 6) is 0.745. The lowest BCUT2D eigenvalue weighted by molar-refractivity contribution is -0.925. The molecular formula is C18H31N3O2+2.